The number of nitrogens with one attached hydrogen (secondary N) is 4. The third-order valence-electron chi connectivity index (χ3n) is 1.19. The third-order valence-corrected chi connectivity index (χ3v) is 1.19. The molecule has 2 aromatic rings. The number of aromatic nitrogens is 6. The summed E-state index contributed by atoms with van der Waals surface area (Å²) in [6, 6.07) is 0. The van der Waals surface area contributed by atoms with E-state index in [9.17, 15) is 4.79 Å². The predicted octanol–water partition coefficient (Wildman–Crippen LogP) is -1.04. The summed E-state index contributed by atoms with van der Waals surface area (Å²) in [7, 11) is 0. The van der Waals surface area contributed by atoms with Gasteiger partial charge in [-0.15, -0.1) is 5.10 Å². The van der Waals surface area contributed by atoms with Crippen LogP contribution in [0, 0.1) is 0 Å². The van der Waals surface area contributed by atoms with Gasteiger partial charge in [-0.2, -0.15) is 5.21 Å². The minimum absolute atomic E-state index is 0.291. The molecule has 4 N–H and O–H groups in total. The van der Waals surface area contributed by atoms with Gasteiger partial charge in [0.25, 0.3) is 5.95 Å². The molecule has 0 radical (unpaired) electrons. The molecule has 0 saturated carbocycles. The number of anilines is 2. The number of hydrogen-bond donors (Lipinski definition) is 4. The van der Waals surface area contributed by atoms with Crippen LogP contribution in [-0.2, 0) is 0 Å². The molecule has 8 heteroatoms. The Balaban J connectivity index is 2.19. The van der Waals surface area contributed by atoms with Crippen LogP contribution in [-0.4, -0.2) is 30.6 Å². The summed E-state index contributed by atoms with van der Waals surface area (Å²) >= 11 is 0. The Kier molecular flexibility index (Phi) is 1.37. The van der Waals surface area contributed by atoms with Crippen molar-refractivity contribution in [3.05, 3.63) is 16.7 Å². The lowest BCUT2D eigenvalue weighted by Crippen LogP contribution is -2.01. The number of tetrazole rings is 1. The molecule has 2 heterocycles. The van der Waals surface area contributed by atoms with Crippen molar-refractivity contribution in [3.63, 3.8) is 0 Å². The van der Waals surface area contributed by atoms with Crippen molar-refractivity contribution in [3.8, 4) is 0 Å². The van der Waals surface area contributed by atoms with Crippen molar-refractivity contribution in [2.24, 2.45) is 0 Å². The monoisotopic (exact) mass is 167 g/mol. The molecule has 0 spiro atoms. The Morgan fingerprint density at radius 2 is 2.42 bits per heavy atom. The maximum atomic E-state index is 10.6. The molecule has 0 aromatic carbocycles. The van der Waals surface area contributed by atoms with Gasteiger partial charge in [0.1, 0.15) is 5.82 Å². The summed E-state index contributed by atoms with van der Waals surface area (Å²) in [4.78, 5) is 15.5. The first kappa shape index (κ1) is 6.58. The van der Waals surface area contributed by atoms with Crippen molar-refractivity contribution in [2.45, 2.75) is 0 Å². The van der Waals surface area contributed by atoms with Crippen molar-refractivity contribution >= 4 is 11.8 Å². The standard InChI is InChI=1S/C4H5N7O/c12-4-5-1-2(7-4)6-3-8-10-11-9-3/h1H,(H2,5,7,12)(H2,6,8,9,10,11). The van der Waals surface area contributed by atoms with Gasteiger partial charge in [0.15, 0.2) is 0 Å². The molecule has 0 bridgehead atoms. The molecule has 0 aliphatic carbocycles. The Hall–Kier alpha value is -2.12. The molecule has 12 heavy (non-hydrogen) atoms. The van der Waals surface area contributed by atoms with Gasteiger partial charge in [-0.05, 0) is 5.21 Å². The van der Waals surface area contributed by atoms with E-state index in [1.54, 1.807) is 0 Å². The number of hydrogen-bond acceptors (Lipinski definition) is 5. The minimum atomic E-state index is -0.291. The van der Waals surface area contributed by atoms with Crippen molar-refractivity contribution in [1.82, 2.24) is 30.6 Å². The first-order chi connectivity index (χ1) is 5.84. The zero-order chi connectivity index (χ0) is 8.39. The maximum Gasteiger partial charge on any atom is 0.324 e. The lowest BCUT2D eigenvalue weighted by molar-refractivity contribution is 0.881. The van der Waals surface area contributed by atoms with Crippen LogP contribution in [0.5, 0.6) is 0 Å². The van der Waals surface area contributed by atoms with E-state index in [0.29, 0.717) is 11.8 Å². The minimum Gasteiger partial charge on any atom is -0.311 e. The van der Waals surface area contributed by atoms with Crippen LogP contribution in [0.25, 0.3) is 0 Å². The molecule has 8 nitrogen and oxygen atoms in total. The normalized spacial score (nSPS) is 10.0. The summed E-state index contributed by atoms with van der Waals surface area (Å²) in [5.41, 5.74) is -0.291. The number of nitrogens with zero attached hydrogens (tertiary/aromatic N) is 3. The fraction of sp³-hybridized carbons (Fsp3) is 0. The summed E-state index contributed by atoms with van der Waals surface area (Å²) in [5, 5.41) is 15.5. The zero-order valence-electron chi connectivity index (χ0n) is 5.83. The van der Waals surface area contributed by atoms with Gasteiger partial charge < -0.3 is 10.3 Å². The van der Waals surface area contributed by atoms with Crippen LogP contribution < -0.4 is 11.0 Å². The second kappa shape index (κ2) is 2.49. The lowest BCUT2D eigenvalue weighted by Gasteiger charge is -1.91. The van der Waals surface area contributed by atoms with E-state index in [4.69, 9.17) is 0 Å². The lowest BCUT2D eigenvalue weighted by atomic mass is 10.7. The number of H-pyrrole nitrogens is 3. The molecule has 0 aliphatic rings. The Bertz CT molecular complexity index is 397. The van der Waals surface area contributed by atoms with Crippen molar-refractivity contribution < 1.29 is 0 Å². The highest BCUT2D eigenvalue weighted by atomic mass is 16.1. The van der Waals surface area contributed by atoms with Gasteiger partial charge in [0, 0.05) is 6.20 Å². The van der Waals surface area contributed by atoms with Crippen LogP contribution in [0.15, 0.2) is 11.0 Å². The van der Waals surface area contributed by atoms with Gasteiger partial charge >= 0.3 is 5.69 Å². The Labute approximate surface area is 65.4 Å². The molecular weight excluding hydrogens is 162 g/mol. The smallest absolute Gasteiger partial charge is 0.311 e. The second-order valence-electron chi connectivity index (χ2n) is 2.02. The summed E-state index contributed by atoms with van der Waals surface area (Å²) in [6.07, 6.45) is 1.47. The SMILES string of the molecule is O=c1[nH]cc(Nc2nn[nH]n2)[nH]1. The van der Waals surface area contributed by atoms with E-state index in [1.165, 1.54) is 6.20 Å². The molecule has 0 saturated heterocycles. The fourth-order valence-electron chi connectivity index (χ4n) is 0.735. The van der Waals surface area contributed by atoms with Crippen LogP contribution in [0.2, 0.25) is 0 Å². The quantitative estimate of drug-likeness (QED) is 0.456. The first-order valence-corrected chi connectivity index (χ1v) is 3.13. The number of imidazole rings is 1. The van der Waals surface area contributed by atoms with Crippen LogP contribution in [0.4, 0.5) is 11.8 Å². The number of rotatable bonds is 2. The highest BCUT2D eigenvalue weighted by molar-refractivity contribution is 5.44. The van der Waals surface area contributed by atoms with Crippen LogP contribution in [0.1, 0.15) is 0 Å². The average molecular weight is 167 g/mol. The van der Waals surface area contributed by atoms with E-state index < -0.39 is 0 Å². The second-order valence-corrected chi connectivity index (χ2v) is 2.02. The Morgan fingerprint density at radius 3 is 3.00 bits per heavy atom. The van der Waals surface area contributed by atoms with E-state index in [2.05, 4.69) is 35.9 Å². The molecule has 2 rings (SSSR count). The van der Waals surface area contributed by atoms with Crippen molar-refractivity contribution in [1.29, 1.82) is 0 Å². The van der Waals surface area contributed by atoms with Gasteiger partial charge in [0.2, 0.25) is 0 Å². The molecule has 0 aliphatic heterocycles. The van der Waals surface area contributed by atoms with E-state index in [0.717, 1.165) is 0 Å². The molecule has 0 unspecified atom stereocenters. The van der Waals surface area contributed by atoms with Gasteiger partial charge in [0.05, 0.1) is 0 Å². The van der Waals surface area contributed by atoms with Crippen LogP contribution >= 0.6 is 0 Å². The molecule has 0 amide bonds. The zero-order valence-corrected chi connectivity index (χ0v) is 5.83. The summed E-state index contributed by atoms with van der Waals surface area (Å²) < 4.78 is 0. The maximum absolute atomic E-state index is 10.6. The largest absolute Gasteiger partial charge is 0.324 e. The molecule has 62 valence electrons. The van der Waals surface area contributed by atoms with Gasteiger partial charge in [-0.25, -0.2) is 4.79 Å². The average Bonchev–Trinajstić information content (AvgIpc) is 2.63. The summed E-state index contributed by atoms with van der Waals surface area (Å²) in [5.74, 6) is 0.784. The highest BCUT2D eigenvalue weighted by Crippen LogP contribution is 2.02. The molecule has 0 fully saturated rings. The predicted molar refractivity (Wildman–Crippen MR) is 38.9 cm³/mol. The first-order valence-electron chi connectivity index (χ1n) is 3.13. The van der Waals surface area contributed by atoms with Crippen molar-refractivity contribution in [2.75, 3.05) is 5.32 Å². The topological polar surface area (TPSA) is 115 Å². The van der Waals surface area contributed by atoms with E-state index in [-0.39, 0.29) is 5.69 Å². The Morgan fingerprint density at radius 1 is 1.50 bits per heavy atom. The van der Waals surface area contributed by atoms with E-state index in [1.807, 2.05) is 0 Å². The molecule has 2 aromatic heterocycles. The fourth-order valence-corrected chi connectivity index (χ4v) is 0.735. The van der Waals surface area contributed by atoms with Gasteiger partial charge in [-0.3, -0.25) is 4.98 Å². The summed E-state index contributed by atoms with van der Waals surface area (Å²) in [6.45, 7) is 0. The van der Waals surface area contributed by atoms with Crippen LogP contribution in [0.3, 0.4) is 0 Å². The van der Waals surface area contributed by atoms with E-state index >= 15 is 0 Å². The number of aromatic amines is 3. The highest BCUT2D eigenvalue weighted by Gasteiger charge is 1.98. The molecule has 0 atom stereocenters. The van der Waals surface area contributed by atoms with Gasteiger partial charge in [-0.1, -0.05) is 5.10 Å². The third kappa shape index (κ3) is 1.17. The molecular formula is C4H5N7O.